The van der Waals surface area contributed by atoms with Gasteiger partial charge in [-0.3, -0.25) is 9.59 Å². The molecule has 1 aliphatic carbocycles. The Balaban J connectivity index is 2.34. The van der Waals surface area contributed by atoms with Gasteiger partial charge in [0.15, 0.2) is 0 Å². The van der Waals surface area contributed by atoms with E-state index < -0.39 is 5.92 Å². The van der Waals surface area contributed by atoms with Gasteiger partial charge in [0.1, 0.15) is 5.78 Å². The normalized spacial score (nSPS) is 19.8. The van der Waals surface area contributed by atoms with Crippen molar-refractivity contribution in [3.8, 4) is 6.07 Å². The Bertz CT molecular complexity index is 545. The summed E-state index contributed by atoms with van der Waals surface area (Å²) >= 11 is 0. The molecule has 2 unspecified atom stereocenters. The lowest BCUT2D eigenvalue weighted by atomic mass is 9.84. The van der Waals surface area contributed by atoms with Crippen LogP contribution in [0.5, 0.6) is 0 Å². The first-order valence-electron chi connectivity index (χ1n) is 6.25. The van der Waals surface area contributed by atoms with Gasteiger partial charge in [0.05, 0.1) is 24.7 Å². The summed E-state index contributed by atoms with van der Waals surface area (Å²) < 4.78 is 4.85. The van der Waals surface area contributed by atoms with Gasteiger partial charge in [0.25, 0.3) is 0 Å². The maximum absolute atomic E-state index is 12.0. The molecule has 0 spiro atoms. The van der Waals surface area contributed by atoms with Gasteiger partial charge >= 0.3 is 5.97 Å². The van der Waals surface area contributed by atoms with Crippen molar-refractivity contribution in [2.45, 2.75) is 25.2 Å². The van der Waals surface area contributed by atoms with Crippen LogP contribution in [0.25, 0.3) is 0 Å². The molecule has 4 heteroatoms. The molecule has 1 aromatic rings. The van der Waals surface area contributed by atoms with E-state index in [0.717, 1.165) is 5.56 Å². The quantitative estimate of drug-likeness (QED) is 0.778. The minimum Gasteiger partial charge on any atom is -0.469 e. The molecule has 0 heterocycles. The lowest BCUT2D eigenvalue weighted by Gasteiger charge is -2.20. The third kappa shape index (κ3) is 2.82. The molecule has 0 saturated heterocycles. The predicted molar refractivity (Wildman–Crippen MR) is 68.3 cm³/mol. The van der Waals surface area contributed by atoms with Gasteiger partial charge in [-0.2, -0.15) is 5.26 Å². The van der Waals surface area contributed by atoms with E-state index in [4.69, 9.17) is 10.00 Å². The predicted octanol–water partition coefficient (Wildman–Crippen LogP) is 2.18. The highest BCUT2D eigenvalue weighted by atomic mass is 16.5. The van der Waals surface area contributed by atoms with Crippen LogP contribution in [-0.4, -0.2) is 18.9 Å². The molecule has 0 bridgehead atoms. The number of methoxy groups -OCH3 is 1. The Morgan fingerprint density at radius 1 is 1.53 bits per heavy atom. The number of nitrogens with zero attached hydrogens (tertiary/aromatic N) is 1. The topological polar surface area (TPSA) is 67.2 Å². The maximum Gasteiger partial charge on any atom is 0.313 e. The minimum absolute atomic E-state index is 0.0195. The van der Waals surface area contributed by atoms with Gasteiger partial charge in [-0.05, 0) is 30.0 Å². The summed E-state index contributed by atoms with van der Waals surface area (Å²) in [6, 6.07) is 9.01. The van der Waals surface area contributed by atoms with E-state index in [9.17, 15) is 9.59 Å². The highest BCUT2D eigenvalue weighted by Crippen LogP contribution is 2.36. The molecule has 1 aromatic carbocycles. The van der Waals surface area contributed by atoms with Crippen molar-refractivity contribution in [3.63, 3.8) is 0 Å². The fourth-order valence-electron chi connectivity index (χ4n) is 2.66. The SMILES string of the molecule is COC(=O)C(c1cccc(C#N)c1)C1CCC(=O)C1. The zero-order valence-electron chi connectivity index (χ0n) is 10.8. The number of ether oxygens (including phenoxy) is 1. The number of hydrogen-bond acceptors (Lipinski definition) is 4. The Morgan fingerprint density at radius 3 is 2.89 bits per heavy atom. The molecule has 2 atom stereocenters. The van der Waals surface area contributed by atoms with E-state index >= 15 is 0 Å². The second-order valence-electron chi connectivity index (χ2n) is 4.78. The highest BCUT2D eigenvalue weighted by Gasteiger charge is 2.35. The summed E-state index contributed by atoms with van der Waals surface area (Å²) in [7, 11) is 1.35. The Labute approximate surface area is 112 Å². The number of hydrogen-bond donors (Lipinski definition) is 0. The number of benzene rings is 1. The summed E-state index contributed by atoms with van der Waals surface area (Å²) in [6.07, 6.45) is 1.64. The fraction of sp³-hybridized carbons (Fsp3) is 0.400. The van der Waals surface area contributed by atoms with Crippen molar-refractivity contribution < 1.29 is 14.3 Å². The summed E-state index contributed by atoms with van der Waals surface area (Å²) in [5.41, 5.74) is 1.27. The van der Waals surface area contributed by atoms with Crippen LogP contribution in [0.15, 0.2) is 24.3 Å². The Hall–Kier alpha value is -2.15. The van der Waals surface area contributed by atoms with Crippen molar-refractivity contribution in [1.29, 1.82) is 5.26 Å². The smallest absolute Gasteiger partial charge is 0.313 e. The Kier molecular flexibility index (Phi) is 3.96. The highest BCUT2D eigenvalue weighted by molar-refractivity contribution is 5.84. The van der Waals surface area contributed by atoms with E-state index in [-0.39, 0.29) is 17.7 Å². The van der Waals surface area contributed by atoms with Gasteiger partial charge in [-0.25, -0.2) is 0 Å². The molecule has 0 amide bonds. The zero-order chi connectivity index (χ0) is 13.8. The first-order chi connectivity index (χ1) is 9.15. The first kappa shape index (κ1) is 13.3. The van der Waals surface area contributed by atoms with Crippen LogP contribution in [-0.2, 0) is 14.3 Å². The number of esters is 1. The van der Waals surface area contributed by atoms with Crippen molar-refractivity contribution in [1.82, 2.24) is 0 Å². The first-order valence-corrected chi connectivity index (χ1v) is 6.25. The molecule has 0 aliphatic heterocycles. The van der Waals surface area contributed by atoms with Gasteiger partial charge < -0.3 is 4.74 Å². The number of carbonyl (C=O) groups is 2. The summed E-state index contributed by atoms with van der Waals surface area (Å²) in [4.78, 5) is 23.4. The van der Waals surface area contributed by atoms with Gasteiger partial charge in [-0.15, -0.1) is 0 Å². The third-order valence-corrected chi connectivity index (χ3v) is 3.59. The van der Waals surface area contributed by atoms with Crippen molar-refractivity contribution in [2.75, 3.05) is 7.11 Å². The average Bonchev–Trinajstić information content (AvgIpc) is 2.85. The molecule has 1 saturated carbocycles. The van der Waals surface area contributed by atoms with Crippen LogP contribution in [0.2, 0.25) is 0 Å². The number of ketones is 1. The average molecular weight is 257 g/mol. The number of Topliss-reactive ketones (excluding diaryl/α,β-unsaturated/α-hetero) is 1. The molecule has 0 N–H and O–H groups in total. The van der Waals surface area contributed by atoms with E-state index in [2.05, 4.69) is 6.07 Å². The number of rotatable bonds is 3. The molecular weight excluding hydrogens is 242 g/mol. The van der Waals surface area contributed by atoms with E-state index in [1.165, 1.54) is 7.11 Å². The van der Waals surface area contributed by atoms with Crippen molar-refractivity contribution in [3.05, 3.63) is 35.4 Å². The Morgan fingerprint density at radius 2 is 2.32 bits per heavy atom. The van der Waals surface area contributed by atoms with Crippen LogP contribution < -0.4 is 0 Å². The molecule has 1 fully saturated rings. The van der Waals surface area contributed by atoms with Crippen molar-refractivity contribution >= 4 is 11.8 Å². The molecule has 1 aliphatic rings. The molecule has 2 rings (SSSR count). The van der Waals surface area contributed by atoms with Crippen molar-refractivity contribution in [2.24, 2.45) is 5.92 Å². The standard InChI is InChI=1S/C15H15NO3/c1-19-15(18)14(12-5-6-13(17)8-12)11-4-2-3-10(7-11)9-16/h2-4,7,12,14H,5-6,8H2,1H3. The molecule has 98 valence electrons. The molecule has 0 aromatic heterocycles. The van der Waals surface area contributed by atoms with E-state index in [1.807, 2.05) is 6.07 Å². The zero-order valence-corrected chi connectivity index (χ0v) is 10.8. The lowest BCUT2D eigenvalue weighted by Crippen LogP contribution is -2.22. The van der Waals surface area contributed by atoms with Crippen LogP contribution in [0.1, 0.15) is 36.3 Å². The maximum atomic E-state index is 12.0. The van der Waals surface area contributed by atoms with Crippen LogP contribution in [0.3, 0.4) is 0 Å². The molecule has 0 radical (unpaired) electrons. The number of nitriles is 1. The summed E-state index contributed by atoms with van der Waals surface area (Å²) in [6.45, 7) is 0. The van der Waals surface area contributed by atoms with Crippen LogP contribution in [0, 0.1) is 17.2 Å². The van der Waals surface area contributed by atoms with Gasteiger partial charge in [0, 0.05) is 12.8 Å². The second-order valence-corrected chi connectivity index (χ2v) is 4.78. The summed E-state index contributed by atoms with van der Waals surface area (Å²) in [5, 5.41) is 8.93. The monoisotopic (exact) mass is 257 g/mol. The fourth-order valence-corrected chi connectivity index (χ4v) is 2.66. The molecule has 4 nitrogen and oxygen atoms in total. The molecule has 19 heavy (non-hydrogen) atoms. The lowest BCUT2D eigenvalue weighted by molar-refractivity contribution is -0.143. The van der Waals surface area contributed by atoms with E-state index in [0.29, 0.717) is 24.8 Å². The summed E-state index contributed by atoms with van der Waals surface area (Å²) in [5.74, 6) is -0.622. The number of carbonyl (C=O) groups excluding carboxylic acids is 2. The minimum atomic E-state index is -0.454. The van der Waals surface area contributed by atoms with Gasteiger partial charge in [-0.1, -0.05) is 12.1 Å². The largest absolute Gasteiger partial charge is 0.469 e. The third-order valence-electron chi connectivity index (χ3n) is 3.59. The second kappa shape index (κ2) is 5.66. The van der Waals surface area contributed by atoms with Crippen LogP contribution in [0.4, 0.5) is 0 Å². The van der Waals surface area contributed by atoms with Gasteiger partial charge in [0.2, 0.25) is 0 Å². The van der Waals surface area contributed by atoms with Crippen LogP contribution >= 0.6 is 0 Å². The molecular formula is C15H15NO3. The van der Waals surface area contributed by atoms with E-state index in [1.54, 1.807) is 18.2 Å².